The van der Waals surface area contributed by atoms with Crippen molar-refractivity contribution in [2.45, 2.75) is 284 Å². The van der Waals surface area contributed by atoms with Crippen LogP contribution in [0.2, 0.25) is 0 Å². The molecule has 0 radical (unpaired) electrons. The number of carbonyl (C=O) groups is 3. The van der Waals surface area contributed by atoms with Crippen molar-refractivity contribution < 1.29 is 28.6 Å². The average Bonchev–Trinajstić information content (AvgIpc) is 3.18. The van der Waals surface area contributed by atoms with E-state index in [0.29, 0.717) is 19.3 Å². The Morgan fingerprint density at radius 2 is 0.589 bits per heavy atom. The number of carbonyl (C=O) groups excluding carboxylic acids is 3. The monoisotopic (exact) mass is 793 g/mol. The Hall–Kier alpha value is -1.59. The summed E-state index contributed by atoms with van der Waals surface area (Å²) in [6, 6.07) is 0. The molecule has 0 saturated carbocycles. The van der Waals surface area contributed by atoms with E-state index in [1.807, 2.05) is 0 Å². The molecule has 0 amide bonds. The zero-order valence-electron chi connectivity index (χ0n) is 38.1. The molecule has 0 aliphatic rings. The van der Waals surface area contributed by atoms with E-state index in [4.69, 9.17) is 14.2 Å². The minimum atomic E-state index is -0.758. The predicted octanol–water partition coefficient (Wildman–Crippen LogP) is 15.9. The van der Waals surface area contributed by atoms with Crippen LogP contribution >= 0.6 is 0 Å². The molecule has 0 saturated heterocycles. The number of hydrogen-bond donors (Lipinski definition) is 0. The van der Waals surface area contributed by atoms with Crippen LogP contribution < -0.4 is 0 Å². The Balaban J connectivity index is 4.12. The van der Waals surface area contributed by atoms with Gasteiger partial charge in [0.05, 0.1) is 0 Å². The van der Waals surface area contributed by atoms with E-state index in [1.165, 1.54) is 167 Å². The van der Waals surface area contributed by atoms with Gasteiger partial charge in [-0.15, -0.1) is 0 Å². The minimum Gasteiger partial charge on any atom is -0.462 e. The van der Waals surface area contributed by atoms with Crippen molar-refractivity contribution >= 4 is 17.9 Å². The number of unbranched alkanes of at least 4 members (excludes halogenated alkanes) is 32. The lowest BCUT2D eigenvalue weighted by molar-refractivity contribution is -0.167. The standard InChI is InChI=1S/C50H96O6/c1-5-7-9-11-12-13-14-15-16-17-22-25-28-31-35-39-43-50(53)56-47(44-54-48(51)41-37-32-10-8-6-2)45-55-49(52)42-38-34-30-27-24-21-19-18-20-23-26-29-33-36-40-46(3)4/h46-47H,5-45H2,1-4H3/t47-/m0/s1. The first-order valence-electron chi connectivity index (χ1n) is 24.9. The van der Waals surface area contributed by atoms with Gasteiger partial charge in [0.2, 0.25) is 0 Å². The summed E-state index contributed by atoms with van der Waals surface area (Å²) in [5, 5.41) is 0. The maximum Gasteiger partial charge on any atom is 0.306 e. The van der Waals surface area contributed by atoms with Crippen molar-refractivity contribution in [1.82, 2.24) is 0 Å². The van der Waals surface area contributed by atoms with Gasteiger partial charge in [-0.1, -0.05) is 240 Å². The zero-order chi connectivity index (χ0) is 41.0. The Kier molecular flexibility index (Phi) is 43.2. The van der Waals surface area contributed by atoms with E-state index in [9.17, 15) is 14.4 Å². The van der Waals surface area contributed by atoms with Gasteiger partial charge in [-0.25, -0.2) is 0 Å². The summed E-state index contributed by atoms with van der Waals surface area (Å²) in [5.74, 6) is -0.0165. The molecule has 0 aromatic rings. The van der Waals surface area contributed by atoms with Crippen molar-refractivity contribution in [1.29, 1.82) is 0 Å². The molecule has 0 aromatic carbocycles. The van der Waals surface area contributed by atoms with Crippen LogP contribution in [-0.2, 0) is 28.6 Å². The second kappa shape index (κ2) is 44.5. The van der Waals surface area contributed by atoms with Crippen LogP contribution in [0.25, 0.3) is 0 Å². The lowest BCUT2D eigenvalue weighted by Crippen LogP contribution is -2.30. The summed E-state index contributed by atoms with van der Waals surface area (Å²) in [4.78, 5) is 37.6. The molecule has 0 bridgehead atoms. The third-order valence-electron chi connectivity index (χ3n) is 11.3. The molecule has 1 atom stereocenters. The van der Waals surface area contributed by atoms with Gasteiger partial charge in [-0.3, -0.25) is 14.4 Å². The van der Waals surface area contributed by atoms with Gasteiger partial charge in [0, 0.05) is 19.3 Å². The molecule has 56 heavy (non-hydrogen) atoms. The highest BCUT2D eigenvalue weighted by molar-refractivity contribution is 5.71. The second-order valence-electron chi connectivity index (χ2n) is 17.6. The van der Waals surface area contributed by atoms with Crippen LogP contribution in [0.15, 0.2) is 0 Å². The minimum absolute atomic E-state index is 0.0640. The summed E-state index contributed by atoms with van der Waals surface area (Å²) in [6.45, 7) is 8.95. The van der Waals surface area contributed by atoms with E-state index in [-0.39, 0.29) is 31.1 Å². The van der Waals surface area contributed by atoms with Crippen LogP contribution in [0.1, 0.15) is 278 Å². The normalized spacial score (nSPS) is 11.9. The third-order valence-corrected chi connectivity index (χ3v) is 11.3. The van der Waals surface area contributed by atoms with Gasteiger partial charge in [-0.2, -0.15) is 0 Å². The fourth-order valence-corrected chi connectivity index (χ4v) is 7.51. The van der Waals surface area contributed by atoms with Gasteiger partial charge in [-0.05, 0) is 25.2 Å². The molecule has 0 aliphatic carbocycles. The fraction of sp³-hybridized carbons (Fsp3) is 0.940. The lowest BCUT2D eigenvalue weighted by Gasteiger charge is -2.18. The molecule has 0 rings (SSSR count). The van der Waals surface area contributed by atoms with Crippen molar-refractivity contribution in [3.63, 3.8) is 0 Å². The van der Waals surface area contributed by atoms with Crippen LogP contribution in [0.5, 0.6) is 0 Å². The summed E-state index contributed by atoms with van der Waals surface area (Å²) >= 11 is 0. The van der Waals surface area contributed by atoms with Crippen molar-refractivity contribution in [3.05, 3.63) is 0 Å². The summed E-state index contributed by atoms with van der Waals surface area (Å²) in [7, 11) is 0. The molecule has 332 valence electrons. The number of esters is 3. The Bertz CT molecular complexity index is 841. The van der Waals surface area contributed by atoms with Crippen molar-refractivity contribution in [2.75, 3.05) is 13.2 Å². The number of ether oxygens (including phenoxy) is 3. The summed E-state index contributed by atoms with van der Waals surface area (Å²) < 4.78 is 16.7. The highest BCUT2D eigenvalue weighted by atomic mass is 16.6. The smallest absolute Gasteiger partial charge is 0.306 e. The maximum atomic E-state index is 12.7. The second-order valence-corrected chi connectivity index (χ2v) is 17.6. The molecule has 6 nitrogen and oxygen atoms in total. The highest BCUT2D eigenvalue weighted by Gasteiger charge is 2.19. The van der Waals surface area contributed by atoms with Gasteiger partial charge in [0.1, 0.15) is 13.2 Å². The summed E-state index contributed by atoms with van der Waals surface area (Å²) in [6.07, 6.45) is 45.5. The van der Waals surface area contributed by atoms with E-state index in [1.54, 1.807) is 0 Å². The first-order valence-corrected chi connectivity index (χ1v) is 24.9. The quantitative estimate of drug-likeness (QED) is 0.0347. The SMILES string of the molecule is CCCCCCCCCCCCCCCCCCC(=O)O[C@@H](COC(=O)CCCCCCC)COC(=O)CCCCCCCCCCCCCCCCC(C)C. The van der Waals surface area contributed by atoms with Gasteiger partial charge < -0.3 is 14.2 Å². The van der Waals surface area contributed by atoms with Gasteiger partial charge in [0.15, 0.2) is 6.10 Å². The molecule has 0 aliphatic heterocycles. The average molecular weight is 793 g/mol. The molecule has 0 heterocycles. The molecule has 0 spiro atoms. The van der Waals surface area contributed by atoms with Crippen molar-refractivity contribution in [3.8, 4) is 0 Å². The van der Waals surface area contributed by atoms with Crippen molar-refractivity contribution in [2.24, 2.45) is 5.92 Å². The van der Waals surface area contributed by atoms with Crippen LogP contribution in [0, 0.1) is 5.92 Å². The molecular weight excluding hydrogens is 697 g/mol. The lowest BCUT2D eigenvalue weighted by atomic mass is 10.0. The molecule has 0 unspecified atom stereocenters. The van der Waals surface area contributed by atoms with E-state index >= 15 is 0 Å². The largest absolute Gasteiger partial charge is 0.462 e. The summed E-state index contributed by atoms with van der Waals surface area (Å²) in [5.41, 5.74) is 0. The molecule has 0 fully saturated rings. The Labute approximate surface area is 348 Å². The highest BCUT2D eigenvalue weighted by Crippen LogP contribution is 2.17. The van der Waals surface area contributed by atoms with Gasteiger partial charge >= 0.3 is 17.9 Å². The molecular formula is C50H96O6. The van der Waals surface area contributed by atoms with E-state index < -0.39 is 6.10 Å². The topological polar surface area (TPSA) is 78.9 Å². The fourth-order valence-electron chi connectivity index (χ4n) is 7.51. The number of rotatable bonds is 45. The Morgan fingerprint density at radius 1 is 0.339 bits per heavy atom. The van der Waals surface area contributed by atoms with Crippen LogP contribution in [0.3, 0.4) is 0 Å². The maximum absolute atomic E-state index is 12.7. The van der Waals surface area contributed by atoms with Crippen LogP contribution in [0.4, 0.5) is 0 Å². The predicted molar refractivity (Wildman–Crippen MR) is 238 cm³/mol. The Morgan fingerprint density at radius 3 is 0.875 bits per heavy atom. The first kappa shape index (κ1) is 54.4. The molecule has 6 heteroatoms. The van der Waals surface area contributed by atoms with Crippen LogP contribution in [-0.4, -0.2) is 37.2 Å². The number of hydrogen-bond acceptors (Lipinski definition) is 6. The van der Waals surface area contributed by atoms with Gasteiger partial charge in [0.25, 0.3) is 0 Å². The van der Waals surface area contributed by atoms with E-state index in [2.05, 4.69) is 27.7 Å². The molecule has 0 N–H and O–H groups in total. The first-order chi connectivity index (χ1) is 27.4. The van der Waals surface area contributed by atoms with E-state index in [0.717, 1.165) is 70.1 Å². The zero-order valence-corrected chi connectivity index (χ0v) is 38.1. The third kappa shape index (κ3) is 43.5. The molecule has 0 aromatic heterocycles.